The molecule has 0 bridgehead atoms. The topological polar surface area (TPSA) is 147 Å². The summed E-state index contributed by atoms with van der Waals surface area (Å²) in [7, 11) is 1.63. The molecule has 3 aliphatic carbocycles. The Morgan fingerprint density at radius 2 is 1.27 bits per heavy atom. The van der Waals surface area contributed by atoms with Crippen LogP contribution in [0.3, 0.4) is 0 Å². The molecule has 4 aromatic heterocycles. The van der Waals surface area contributed by atoms with Gasteiger partial charge in [0.05, 0.1) is 37.0 Å². The fourth-order valence-electron chi connectivity index (χ4n) is 12.8. The number of carboxylic acid groups (broad SMARTS) is 1. The van der Waals surface area contributed by atoms with E-state index in [0.29, 0.717) is 62.2 Å². The van der Waals surface area contributed by atoms with Crippen LogP contribution in [-0.4, -0.2) is 49.5 Å². The minimum Gasteiger partial charge on any atom is -0.497 e. The number of furan rings is 1. The first kappa shape index (κ1) is 46.9. The molecular formula is C62H58N4O8. The van der Waals surface area contributed by atoms with Crippen molar-refractivity contribution < 1.29 is 38.2 Å². The van der Waals surface area contributed by atoms with Crippen molar-refractivity contribution in [2.24, 2.45) is 5.92 Å². The molecule has 0 saturated carbocycles. The molecule has 12 rings (SSSR count). The van der Waals surface area contributed by atoms with Crippen molar-refractivity contribution in [3.63, 3.8) is 0 Å². The predicted octanol–water partition coefficient (Wildman–Crippen LogP) is 12.1. The van der Waals surface area contributed by atoms with Crippen LogP contribution in [0.2, 0.25) is 0 Å². The van der Waals surface area contributed by atoms with E-state index < -0.39 is 18.0 Å². The summed E-state index contributed by atoms with van der Waals surface area (Å²) in [5.74, 6) is -0.785. The summed E-state index contributed by atoms with van der Waals surface area (Å²) < 4.78 is 25.1. The number of amides is 1. The molecule has 0 spiro atoms. The van der Waals surface area contributed by atoms with Crippen LogP contribution in [0.4, 0.5) is 0 Å². The number of ketones is 1. The number of carbonyl (C=O) groups is 4. The lowest BCUT2D eigenvalue weighted by Crippen LogP contribution is -2.29. The van der Waals surface area contributed by atoms with E-state index in [9.17, 15) is 24.3 Å². The largest absolute Gasteiger partial charge is 0.497 e. The fourth-order valence-corrected chi connectivity index (χ4v) is 12.8. The van der Waals surface area contributed by atoms with Gasteiger partial charge in [-0.1, -0.05) is 78.9 Å². The highest BCUT2D eigenvalue weighted by molar-refractivity contribution is 6.00. The second-order valence-corrected chi connectivity index (χ2v) is 20.3. The van der Waals surface area contributed by atoms with E-state index in [0.717, 1.165) is 105 Å². The van der Waals surface area contributed by atoms with Gasteiger partial charge in [0.1, 0.15) is 11.9 Å². The summed E-state index contributed by atoms with van der Waals surface area (Å²) in [6.07, 6.45) is 8.81. The molecule has 1 amide bonds. The number of rotatable bonds is 13. The van der Waals surface area contributed by atoms with E-state index in [4.69, 9.17) is 13.9 Å². The van der Waals surface area contributed by atoms with Crippen molar-refractivity contribution in [3.05, 3.63) is 195 Å². The first-order chi connectivity index (χ1) is 36.1. The zero-order valence-corrected chi connectivity index (χ0v) is 41.7. The third kappa shape index (κ3) is 8.26. The average molecular weight is 987 g/mol. The smallest absolute Gasteiger partial charge is 0.375 e. The molecule has 374 valence electrons. The van der Waals surface area contributed by atoms with Gasteiger partial charge in [0, 0.05) is 98.5 Å². The Labute approximate surface area is 428 Å². The van der Waals surface area contributed by atoms with Crippen molar-refractivity contribution in [1.29, 1.82) is 0 Å². The zero-order valence-electron chi connectivity index (χ0n) is 41.7. The van der Waals surface area contributed by atoms with Crippen molar-refractivity contribution in [3.8, 4) is 5.75 Å². The summed E-state index contributed by atoms with van der Waals surface area (Å²) in [4.78, 5) is 54.1. The number of benzene rings is 5. The predicted molar refractivity (Wildman–Crippen MR) is 283 cm³/mol. The molecule has 3 aliphatic rings. The standard InChI is InChI=1S/C62H58N4O8/c1-37(67)63-49-20-13-24-53-57(49)46-19-8-10-22-51(46)65(53)34-39-14-3-5-16-43(39)59(68)38-26-29-52-48(32-38)45-18-7-9-21-50(45)64(52)36-41-30-31-73-60(41)62(71)74-56-25-12-11-23-54-58(56)47-28-27-42(72-2)33-55(47)66(54)35-40-15-4-6-17-44(40)61(69)70/h3-10,14-19,21-22,27-28,30-31,33,38,49,56H,11-13,20,23-26,29,32,34-36H2,1-2H3,(H,63,67)(H,69,70). The molecule has 5 aromatic carbocycles. The monoisotopic (exact) mass is 986 g/mol. The SMILES string of the molecule is COc1ccc2c3c(n(Cc4ccccc4C(=O)O)c2c1)CCCCC3OC(=O)c1occc1Cn1c2c(c3ccccc31)CC(C(=O)c1ccccc1Cn1c3c(c4ccccc41)C(NC(C)=O)CCC3)CC2. The van der Waals surface area contributed by atoms with E-state index in [1.807, 2.05) is 66.7 Å². The Kier molecular flexibility index (Phi) is 12.3. The van der Waals surface area contributed by atoms with Gasteiger partial charge in [-0.05, 0) is 117 Å². The number of hydrogen-bond acceptors (Lipinski definition) is 7. The Balaban J connectivity index is 0.819. The number of carbonyl (C=O) groups excluding carboxylic acids is 3. The average Bonchev–Trinajstić information content (AvgIpc) is 4.15. The highest BCUT2D eigenvalue weighted by atomic mass is 16.6. The molecule has 12 nitrogen and oxygen atoms in total. The van der Waals surface area contributed by atoms with Crippen LogP contribution in [0.15, 0.2) is 132 Å². The van der Waals surface area contributed by atoms with Gasteiger partial charge < -0.3 is 38.0 Å². The second-order valence-electron chi connectivity index (χ2n) is 20.3. The maximum absolute atomic E-state index is 14.9. The van der Waals surface area contributed by atoms with Crippen molar-refractivity contribution in [2.75, 3.05) is 7.11 Å². The Morgan fingerprint density at radius 3 is 2.04 bits per heavy atom. The maximum Gasteiger partial charge on any atom is 0.375 e. The Hall–Kier alpha value is -8.12. The number of nitrogens with zero attached hydrogens (tertiary/aromatic N) is 3. The third-order valence-electron chi connectivity index (χ3n) is 16.1. The molecule has 74 heavy (non-hydrogen) atoms. The summed E-state index contributed by atoms with van der Waals surface area (Å²) in [5.41, 5.74) is 13.1. The lowest BCUT2D eigenvalue weighted by atomic mass is 9.81. The lowest BCUT2D eigenvalue weighted by Gasteiger charge is -2.26. The summed E-state index contributed by atoms with van der Waals surface area (Å²) in [6, 6.07) is 39.6. The highest BCUT2D eigenvalue weighted by Crippen LogP contribution is 2.43. The van der Waals surface area contributed by atoms with Crippen molar-refractivity contribution in [2.45, 2.75) is 103 Å². The van der Waals surface area contributed by atoms with Gasteiger partial charge in [-0.25, -0.2) is 9.59 Å². The van der Waals surface area contributed by atoms with E-state index in [2.05, 4.69) is 61.5 Å². The van der Waals surface area contributed by atoms with Crippen LogP contribution >= 0.6 is 0 Å². The summed E-state index contributed by atoms with van der Waals surface area (Å²) in [5, 5.41) is 16.5. The normalized spacial score (nSPS) is 17.4. The van der Waals surface area contributed by atoms with Crippen molar-refractivity contribution in [1.82, 2.24) is 19.0 Å². The van der Waals surface area contributed by atoms with Crippen molar-refractivity contribution >= 4 is 56.3 Å². The van der Waals surface area contributed by atoms with Gasteiger partial charge in [0.25, 0.3) is 0 Å². The number of Topliss-reactive ketones (excluding diaryl/α,β-unsaturated/α-hetero) is 1. The third-order valence-corrected chi connectivity index (χ3v) is 16.1. The molecule has 12 heteroatoms. The number of hydrogen-bond donors (Lipinski definition) is 2. The molecule has 4 heterocycles. The van der Waals surface area contributed by atoms with Crippen LogP contribution in [0, 0.1) is 5.92 Å². The Morgan fingerprint density at radius 1 is 0.635 bits per heavy atom. The number of esters is 1. The molecule has 0 aliphatic heterocycles. The molecule has 0 saturated heterocycles. The number of aromatic nitrogens is 3. The van der Waals surface area contributed by atoms with E-state index in [-0.39, 0.29) is 35.0 Å². The van der Waals surface area contributed by atoms with Crippen LogP contribution in [0.5, 0.6) is 5.75 Å². The molecule has 0 fully saturated rings. The molecule has 3 atom stereocenters. The van der Waals surface area contributed by atoms with Gasteiger partial charge in [-0.2, -0.15) is 0 Å². The minimum absolute atomic E-state index is 0.0322. The van der Waals surface area contributed by atoms with Gasteiger partial charge in [-0.3, -0.25) is 9.59 Å². The van der Waals surface area contributed by atoms with Crippen LogP contribution in [0.25, 0.3) is 32.7 Å². The van der Waals surface area contributed by atoms with E-state index in [1.54, 1.807) is 32.4 Å². The van der Waals surface area contributed by atoms with Gasteiger partial charge in [0.2, 0.25) is 11.7 Å². The van der Waals surface area contributed by atoms with Crippen LogP contribution < -0.4 is 10.1 Å². The molecule has 9 aromatic rings. The van der Waals surface area contributed by atoms with Crippen LogP contribution in [0.1, 0.15) is 139 Å². The first-order valence-electron chi connectivity index (χ1n) is 26.0. The maximum atomic E-state index is 14.9. The molecule has 0 radical (unpaired) electrons. The quantitative estimate of drug-likeness (QED) is 0.0659. The fraction of sp³-hybridized carbons (Fsp3) is 0.290. The summed E-state index contributed by atoms with van der Waals surface area (Å²) >= 11 is 0. The zero-order chi connectivity index (χ0) is 50.6. The number of carboxylic acids is 1. The second kappa shape index (κ2) is 19.4. The number of nitrogens with one attached hydrogen (secondary N) is 1. The first-order valence-corrected chi connectivity index (χ1v) is 26.0. The minimum atomic E-state index is -0.983. The number of ether oxygens (including phenoxy) is 2. The van der Waals surface area contributed by atoms with Gasteiger partial charge in [0.15, 0.2) is 5.78 Å². The van der Waals surface area contributed by atoms with E-state index in [1.165, 1.54) is 11.3 Å². The number of fused-ring (bicyclic) bond motifs is 9. The lowest BCUT2D eigenvalue weighted by molar-refractivity contribution is -0.119. The van der Waals surface area contributed by atoms with Gasteiger partial charge >= 0.3 is 11.9 Å². The molecule has 2 N–H and O–H groups in total. The number of para-hydroxylation sites is 2. The summed E-state index contributed by atoms with van der Waals surface area (Å²) in [6.45, 7) is 2.85. The number of methoxy groups -OCH3 is 1. The Bertz CT molecular complexity index is 3700. The van der Waals surface area contributed by atoms with Gasteiger partial charge in [-0.15, -0.1) is 0 Å². The molecular weight excluding hydrogens is 929 g/mol. The van der Waals surface area contributed by atoms with E-state index >= 15 is 0 Å². The highest BCUT2D eigenvalue weighted by Gasteiger charge is 2.35. The van der Waals surface area contributed by atoms with Crippen LogP contribution in [-0.2, 0) is 54.8 Å². The molecule has 3 unspecified atom stereocenters. The number of aromatic carboxylic acids is 1.